The second-order valence-corrected chi connectivity index (χ2v) is 6.73. The van der Waals surface area contributed by atoms with E-state index in [1.807, 2.05) is 32.0 Å². The van der Waals surface area contributed by atoms with Crippen molar-refractivity contribution in [3.63, 3.8) is 0 Å². The highest BCUT2D eigenvalue weighted by Gasteiger charge is 2.57. The summed E-state index contributed by atoms with van der Waals surface area (Å²) in [5.41, 5.74) is 1.12. The molecule has 1 atom stereocenters. The Morgan fingerprint density at radius 1 is 1.21 bits per heavy atom. The Labute approximate surface area is 116 Å². The van der Waals surface area contributed by atoms with Crippen LogP contribution >= 0.6 is 0 Å². The van der Waals surface area contributed by atoms with E-state index in [4.69, 9.17) is 4.74 Å². The molecule has 19 heavy (non-hydrogen) atoms. The van der Waals surface area contributed by atoms with Gasteiger partial charge in [0.1, 0.15) is 0 Å². The lowest BCUT2D eigenvalue weighted by atomic mass is 9.79. The Kier molecular flexibility index (Phi) is 3.40. The molecule has 1 aliphatic heterocycles. The molecule has 1 aliphatic rings. The first-order valence-electron chi connectivity index (χ1n) is 6.86. The van der Waals surface area contributed by atoms with Gasteiger partial charge < -0.3 is 15.2 Å². The van der Waals surface area contributed by atoms with Crippen molar-refractivity contribution in [2.24, 2.45) is 0 Å². The molecule has 0 aromatic heterocycles. The highest BCUT2D eigenvalue weighted by atomic mass is 16.5. The third-order valence-corrected chi connectivity index (χ3v) is 4.20. The normalized spacial score (nSPS) is 28.3. The first kappa shape index (κ1) is 14.4. The fraction of sp³-hybridized carbons (Fsp3) is 0.625. The minimum absolute atomic E-state index is 0.0533. The number of benzene rings is 1. The van der Waals surface area contributed by atoms with Crippen LogP contribution in [0.5, 0.6) is 0 Å². The molecule has 0 saturated carbocycles. The molecule has 1 unspecified atom stereocenters. The highest BCUT2D eigenvalue weighted by Crippen LogP contribution is 2.46. The van der Waals surface area contributed by atoms with Gasteiger partial charge in [-0.15, -0.1) is 0 Å². The Bertz CT molecular complexity index is 468. The molecule has 3 nitrogen and oxygen atoms in total. The predicted octanol–water partition coefficient (Wildman–Crippen LogP) is 3.12. The van der Waals surface area contributed by atoms with E-state index in [0.717, 1.165) is 12.1 Å². The average Bonchev–Trinajstić information content (AvgIpc) is 2.47. The maximum atomic E-state index is 9.99. The molecule has 0 bridgehead atoms. The van der Waals surface area contributed by atoms with Gasteiger partial charge in [0, 0.05) is 12.1 Å². The number of aryl methyl sites for hydroxylation is 1. The molecule has 106 valence electrons. The van der Waals surface area contributed by atoms with Gasteiger partial charge in [0.05, 0.1) is 23.3 Å². The molecular formula is C16H25NO2. The molecule has 0 aliphatic carbocycles. The smallest absolute Gasteiger partial charge is 0.0916 e. The quantitative estimate of drug-likeness (QED) is 0.880. The maximum Gasteiger partial charge on any atom is 0.0916 e. The zero-order valence-corrected chi connectivity index (χ0v) is 12.6. The van der Waals surface area contributed by atoms with E-state index in [0.29, 0.717) is 0 Å². The van der Waals surface area contributed by atoms with E-state index in [-0.39, 0.29) is 12.2 Å². The molecule has 3 heteroatoms. The molecular weight excluding hydrogens is 238 g/mol. The summed E-state index contributed by atoms with van der Waals surface area (Å²) in [5.74, 6) is 0. The third-order valence-electron chi connectivity index (χ3n) is 4.20. The van der Waals surface area contributed by atoms with Gasteiger partial charge in [-0.3, -0.25) is 0 Å². The van der Waals surface area contributed by atoms with Crippen molar-refractivity contribution in [3.8, 4) is 0 Å². The van der Waals surface area contributed by atoms with Crippen LogP contribution in [-0.4, -0.2) is 28.5 Å². The fourth-order valence-electron chi connectivity index (χ4n) is 3.22. The second kappa shape index (κ2) is 4.50. The van der Waals surface area contributed by atoms with Crippen LogP contribution in [0.15, 0.2) is 24.3 Å². The first-order chi connectivity index (χ1) is 8.71. The van der Waals surface area contributed by atoms with E-state index in [1.165, 1.54) is 5.56 Å². The van der Waals surface area contributed by atoms with Crippen molar-refractivity contribution in [2.75, 3.05) is 11.9 Å². The second-order valence-electron chi connectivity index (χ2n) is 6.73. The van der Waals surface area contributed by atoms with Gasteiger partial charge in [-0.2, -0.15) is 0 Å². The Balaban J connectivity index is 2.37. The van der Waals surface area contributed by atoms with E-state index in [2.05, 4.69) is 32.2 Å². The van der Waals surface area contributed by atoms with Crippen molar-refractivity contribution in [2.45, 2.75) is 57.8 Å². The van der Waals surface area contributed by atoms with Gasteiger partial charge in [0.2, 0.25) is 0 Å². The van der Waals surface area contributed by atoms with Crippen LogP contribution in [0.2, 0.25) is 0 Å². The van der Waals surface area contributed by atoms with Crippen LogP contribution in [0.3, 0.4) is 0 Å². The standard InChI is InChI=1S/C16H25NO2/c1-12-8-6-7-9-13(12)17-16(11-18)10-14(2,3)19-15(16,4)5/h6-9,17-18H,10-11H2,1-5H3. The average molecular weight is 263 g/mol. The predicted molar refractivity (Wildman–Crippen MR) is 78.5 cm³/mol. The molecule has 1 saturated heterocycles. The molecule has 0 spiro atoms. The monoisotopic (exact) mass is 263 g/mol. The Morgan fingerprint density at radius 3 is 2.32 bits per heavy atom. The number of nitrogens with one attached hydrogen (secondary N) is 1. The van der Waals surface area contributed by atoms with E-state index >= 15 is 0 Å². The summed E-state index contributed by atoms with van der Waals surface area (Å²) in [6.07, 6.45) is 0.776. The number of aliphatic hydroxyl groups is 1. The van der Waals surface area contributed by atoms with Crippen LogP contribution < -0.4 is 5.32 Å². The summed E-state index contributed by atoms with van der Waals surface area (Å²) >= 11 is 0. The van der Waals surface area contributed by atoms with Gasteiger partial charge in [0.25, 0.3) is 0 Å². The Hall–Kier alpha value is -1.06. The topological polar surface area (TPSA) is 41.5 Å². The van der Waals surface area contributed by atoms with Gasteiger partial charge in [-0.1, -0.05) is 18.2 Å². The number of para-hydroxylation sites is 1. The number of aliphatic hydroxyl groups excluding tert-OH is 1. The number of rotatable bonds is 3. The van der Waals surface area contributed by atoms with Crippen molar-refractivity contribution in [3.05, 3.63) is 29.8 Å². The summed E-state index contributed by atoms with van der Waals surface area (Å²) < 4.78 is 6.13. The molecule has 1 aromatic carbocycles. The zero-order valence-electron chi connectivity index (χ0n) is 12.6. The van der Waals surface area contributed by atoms with Crippen molar-refractivity contribution >= 4 is 5.69 Å². The molecule has 1 aromatic rings. The lowest BCUT2D eigenvalue weighted by molar-refractivity contribution is -0.0808. The Morgan fingerprint density at radius 2 is 1.84 bits per heavy atom. The fourth-order valence-corrected chi connectivity index (χ4v) is 3.22. The van der Waals surface area contributed by atoms with Crippen LogP contribution in [-0.2, 0) is 4.74 Å². The van der Waals surface area contributed by atoms with E-state index < -0.39 is 11.1 Å². The van der Waals surface area contributed by atoms with Gasteiger partial charge in [-0.05, 0) is 46.2 Å². The highest BCUT2D eigenvalue weighted by molar-refractivity contribution is 5.53. The molecule has 0 radical (unpaired) electrons. The summed E-state index contributed by atoms with van der Waals surface area (Å²) in [5, 5.41) is 13.5. The van der Waals surface area contributed by atoms with Crippen LogP contribution in [0.1, 0.15) is 39.7 Å². The number of anilines is 1. The van der Waals surface area contributed by atoms with E-state index in [9.17, 15) is 5.11 Å². The van der Waals surface area contributed by atoms with E-state index in [1.54, 1.807) is 0 Å². The van der Waals surface area contributed by atoms with Gasteiger partial charge in [0.15, 0.2) is 0 Å². The summed E-state index contributed by atoms with van der Waals surface area (Å²) in [6.45, 7) is 10.4. The number of hydrogen-bond acceptors (Lipinski definition) is 3. The maximum absolute atomic E-state index is 9.99. The lowest BCUT2D eigenvalue weighted by Crippen LogP contribution is -2.55. The summed E-state index contributed by atoms with van der Waals surface area (Å²) in [7, 11) is 0. The molecule has 2 rings (SSSR count). The van der Waals surface area contributed by atoms with Crippen LogP contribution in [0.4, 0.5) is 5.69 Å². The zero-order chi connectivity index (χ0) is 14.3. The van der Waals surface area contributed by atoms with Gasteiger partial charge in [-0.25, -0.2) is 0 Å². The minimum atomic E-state index is -0.456. The van der Waals surface area contributed by atoms with Crippen LogP contribution in [0, 0.1) is 6.92 Å². The number of hydrogen-bond donors (Lipinski definition) is 2. The van der Waals surface area contributed by atoms with Crippen molar-refractivity contribution in [1.29, 1.82) is 0 Å². The van der Waals surface area contributed by atoms with Crippen LogP contribution in [0.25, 0.3) is 0 Å². The first-order valence-corrected chi connectivity index (χ1v) is 6.86. The minimum Gasteiger partial charge on any atom is -0.394 e. The molecule has 1 heterocycles. The molecule has 0 amide bonds. The molecule has 1 fully saturated rings. The SMILES string of the molecule is Cc1ccccc1NC1(CO)CC(C)(C)OC1(C)C. The summed E-state index contributed by atoms with van der Waals surface area (Å²) in [6, 6.07) is 8.15. The molecule has 2 N–H and O–H groups in total. The summed E-state index contributed by atoms with van der Waals surface area (Å²) in [4.78, 5) is 0. The lowest BCUT2D eigenvalue weighted by Gasteiger charge is -2.40. The largest absolute Gasteiger partial charge is 0.394 e. The van der Waals surface area contributed by atoms with Crippen molar-refractivity contribution < 1.29 is 9.84 Å². The van der Waals surface area contributed by atoms with Crippen molar-refractivity contribution in [1.82, 2.24) is 0 Å². The van der Waals surface area contributed by atoms with Gasteiger partial charge >= 0.3 is 0 Å². The third kappa shape index (κ3) is 2.49. The number of ether oxygens (including phenoxy) is 1.